The van der Waals surface area contributed by atoms with Crippen molar-refractivity contribution in [3.05, 3.63) is 100 Å². The molecule has 0 saturated carbocycles. The highest BCUT2D eigenvalue weighted by Gasteiger charge is 2.46. The maximum absolute atomic E-state index is 15.2. The zero-order valence-corrected chi connectivity index (χ0v) is 38.2. The summed E-state index contributed by atoms with van der Waals surface area (Å²) in [5.74, 6) is -2.57. The Hall–Kier alpha value is -7.42. The molecular weight excluding hydrogens is 933 g/mol. The number of amides is 4. The molecule has 1 unspecified atom stereocenters. The number of carbonyl (C=O) groups is 4. The minimum absolute atomic E-state index is 0.0279. The van der Waals surface area contributed by atoms with Gasteiger partial charge in [-0.15, -0.1) is 0 Å². The van der Waals surface area contributed by atoms with Crippen molar-refractivity contribution in [2.75, 3.05) is 55.4 Å². The summed E-state index contributed by atoms with van der Waals surface area (Å²) in [5.41, 5.74) is -0.241. The molecule has 10 rings (SSSR count). The fraction of sp³-hybridized carbons (Fsp3) is 0.383. The number of alkyl halides is 1. The molecule has 0 bridgehead atoms. The van der Waals surface area contributed by atoms with Crippen molar-refractivity contribution in [1.29, 1.82) is 5.26 Å². The molecule has 7 heterocycles. The van der Waals surface area contributed by atoms with Crippen LogP contribution in [-0.4, -0.2) is 130 Å². The van der Waals surface area contributed by atoms with Gasteiger partial charge in [0.25, 0.3) is 17.4 Å². The molecule has 2 aromatic heterocycles. The summed E-state index contributed by atoms with van der Waals surface area (Å²) in [6.45, 7) is 3.55. The van der Waals surface area contributed by atoms with Crippen LogP contribution in [0.3, 0.4) is 0 Å². The number of benzene rings is 3. The first-order valence-electron chi connectivity index (χ1n) is 22.9. The van der Waals surface area contributed by atoms with Crippen molar-refractivity contribution in [2.45, 2.75) is 63.3 Å². The van der Waals surface area contributed by atoms with Gasteiger partial charge in [0.05, 0.1) is 45.8 Å². The van der Waals surface area contributed by atoms with Crippen LogP contribution >= 0.6 is 0 Å². The van der Waals surface area contributed by atoms with E-state index in [1.807, 2.05) is 0 Å². The topological polar surface area (TPSA) is 242 Å². The van der Waals surface area contributed by atoms with Gasteiger partial charge < -0.3 is 19.3 Å². The molecule has 0 spiro atoms. The molecule has 23 heteroatoms. The Morgan fingerprint density at radius 2 is 1.66 bits per heavy atom. The monoisotopic (exact) mass is 977 g/mol. The number of aromatic nitrogens is 4. The summed E-state index contributed by atoms with van der Waals surface area (Å²) in [4.78, 5) is 83.8. The maximum atomic E-state index is 15.2. The third kappa shape index (κ3) is 9.00. The number of rotatable bonds is 12. The van der Waals surface area contributed by atoms with Gasteiger partial charge in [-0.05, 0) is 86.9 Å². The molecule has 20 nitrogen and oxygen atoms in total. The number of piperidine rings is 3. The zero-order valence-electron chi connectivity index (χ0n) is 37.4. The van der Waals surface area contributed by atoms with Crippen molar-refractivity contribution >= 4 is 56.4 Å². The summed E-state index contributed by atoms with van der Waals surface area (Å²) in [6.07, 6.45) is 6.32. The Bertz CT molecular complexity index is 3150. The first-order valence-corrected chi connectivity index (χ1v) is 24.3. The average molecular weight is 978 g/mol. The number of halogens is 2. The second-order valence-corrected chi connectivity index (χ2v) is 19.5. The van der Waals surface area contributed by atoms with Crippen LogP contribution in [0.1, 0.15) is 71.2 Å². The largest absolute Gasteiger partial charge is 0.489 e. The molecule has 4 fully saturated rings. The molecule has 362 valence electrons. The number of likely N-dealkylation sites (tertiary alicyclic amines) is 1. The standard InChI is InChI=1S/C47H45F2N11O9S/c48-28-12-19-58(25-28)70(66,67)55-37-7-5-35(49)42(34(37)21-50)69-31-4-6-36-33(20-31)44(63)59(26-53-36)29-22-51-47(52-23-29)57-17-10-27(11-18-57)24-56-15-13-30(14-16-56)68-39-3-1-2-32-41(39)46(65)60(45(32)64)38-8-9-40(61)54-43(38)62/h1-7,20,22-23,26-28,30,38,55H,8-19,24-25H2,(H,54,61,62)/t28-,38?/m1/s1. The molecule has 5 aliphatic rings. The third-order valence-corrected chi connectivity index (χ3v) is 14.9. The van der Waals surface area contributed by atoms with E-state index in [0.29, 0.717) is 28.8 Å². The van der Waals surface area contributed by atoms with Gasteiger partial charge in [0.15, 0.2) is 11.6 Å². The van der Waals surface area contributed by atoms with Crippen LogP contribution in [0.4, 0.5) is 20.4 Å². The van der Waals surface area contributed by atoms with E-state index in [0.717, 1.165) is 79.7 Å². The number of imide groups is 2. The van der Waals surface area contributed by atoms with Crippen molar-refractivity contribution in [3.63, 3.8) is 0 Å². The number of nitrogens with zero attached hydrogens (tertiary/aromatic N) is 9. The lowest BCUT2D eigenvalue weighted by Crippen LogP contribution is -2.54. The Balaban J connectivity index is 0.731. The van der Waals surface area contributed by atoms with Crippen molar-refractivity contribution in [3.8, 4) is 29.0 Å². The Kier molecular flexibility index (Phi) is 12.5. The van der Waals surface area contributed by atoms with Crippen molar-refractivity contribution in [1.82, 2.24) is 38.9 Å². The predicted molar refractivity (Wildman–Crippen MR) is 246 cm³/mol. The lowest BCUT2D eigenvalue weighted by atomic mass is 9.95. The molecule has 3 aromatic carbocycles. The van der Waals surface area contributed by atoms with E-state index >= 15 is 4.39 Å². The Labute approximate surface area is 399 Å². The molecule has 4 saturated heterocycles. The summed E-state index contributed by atoms with van der Waals surface area (Å²) in [5, 5.41) is 12.3. The number of nitrogens with one attached hydrogen (secondary N) is 2. The van der Waals surface area contributed by atoms with E-state index in [4.69, 9.17) is 9.47 Å². The van der Waals surface area contributed by atoms with Crippen LogP contribution < -0.4 is 30.0 Å². The lowest BCUT2D eigenvalue weighted by Gasteiger charge is -2.37. The van der Waals surface area contributed by atoms with Crippen LogP contribution in [0, 0.1) is 23.1 Å². The second kappa shape index (κ2) is 18.8. The molecule has 5 aromatic rings. The van der Waals surface area contributed by atoms with Gasteiger partial charge in [-0.3, -0.25) is 43.5 Å². The number of hydrogen-bond donors (Lipinski definition) is 2. The third-order valence-electron chi connectivity index (χ3n) is 13.4. The zero-order chi connectivity index (χ0) is 48.8. The van der Waals surface area contributed by atoms with Gasteiger partial charge >= 0.3 is 10.2 Å². The normalized spacial score (nSPS) is 20.7. The highest BCUT2D eigenvalue weighted by atomic mass is 32.2. The summed E-state index contributed by atoms with van der Waals surface area (Å²) >= 11 is 0. The van der Waals surface area contributed by atoms with Gasteiger partial charge in [0, 0.05) is 52.2 Å². The van der Waals surface area contributed by atoms with Gasteiger partial charge in [0.2, 0.25) is 17.8 Å². The summed E-state index contributed by atoms with van der Waals surface area (Å²) in [7, 11) is -4.26. The fourth-order valence-electron chi connectivity index (χ4n) is 9.68. The minimum Gasteiger partial charge on any atom is -0.489 e. The lowest BCUT2D eigenvalue weighted by molar-refractivity contribution is -0.136. The fourth-order valence-corrected chi connectivity index (χ4v) is 11.0. The molecular formula is C47H45F2N11O9S. The molecule has 5 aliphatic heterocycles. The average Bonchev–Trinajstić information content (AvgIpc) is 3.91. The molecule has 0 radical (unpaired) electrons. The minimum atomic E-state index is -4.26. The van der Waals surface area contributed by atoms with E-state index in [2.05, 4.69) is 34.8 Å². The second-order valence-electron chi connectivity index (χ2n) is 17.9. The number of nitriles is 1. The number of anilines is 2. The quantitative estimate of drug-likeness (QED) is 0.169. The Morgan fingerprint density at radius 3 is 2.37 bits per heavy atom. The highest BCUT2D eigenvalue weighted by molar-refractivity contribution is 7.90. The smallest absolute Gasteiger partial charge is 0.301 e. The van der Waals surface area contributed by atoms with E-state index in [-0.39, 0.29) is 66.4 Å². The number of carbonyl (C=O) groups excluding carboxylic acids is 4. The first-order chi connectivity index (χ1) is 33.7. The molecule has 4 amide bonds. The van der Waals surface area contributed by atoms with Gasteiger partial charge in [-0.2, -0.15) is 18.0 Å². The van der Waals surface area contributed by atoms with E-state index in [9.17, 15) is 42.0 Å². The molecule has 2 atom stereocenters. The van der Waals surface area contributed by atoms with Crippen molar-refractivity contribution in [2.24, 2.45) is 5.92 Å². The molecule has 70 heavy (non-hydrogen) atoms. The van der Waals surface area contributed by atoms with E-state index in [1.165, 1.54) is 41.5 Å². The van der Waals surface area contributed by atoms with E-state index < -0.39 is 68.7 Å². The van der Waals surface area contributed by atoms with Crippen LogP contribution in [0.25, 0.3) is 16.6 Å². The SMILES string of the molecule is N#Cc1c(NS(=O)(=O)N2CC[C@@H](F)C2)ccc(F)c1Oc1ccc2ncn(-c3cnc(N4CCC(CN5CCC(Oc6cccc7c6C(=O)N(C6CCC(=O)NC6=O)C7=O)CC5)CC4)nc3)c(=O)c2c1. The van der Waals surface area contributed by atoms with Crippen LogP contribution in [-0.2, 0) is 19.8 Å². The number of ether oxygens (including phenoxy) is 2. The maximum Gasteiger partial charge on any atom is 0.301 e. The van der Waals surface area contributed by atoms with Crippen molar-refractivity contribution < 1.29 is 45.9 Å². The number of hydrogen-bond acceptors (Lipinski definition) is 15. The van der Waals surface area contributed by atoms with E-state index in [1.54, 1.807) is 24.3 Å². The van der Waals surface area contributed by atoms with Crippen LogP contribution in [0.2, 0.25) is 0 Å². The van der Waals surface area contributed by atoms with Gasteiger partial charge in [-0.1, -0.05) is 6.07 Å². The Morgan fingerprint density at radius 1 is 0.886 bits per heavy atom. The first kappa shape index (κ1) is 46.3. The van der Waals surface area contributed by atoms with Crippen LogP contribution in [0.15, 0.2) is 72.0 Å². The van der Waals surface area contributed by atoms with Crippen LogP contribution in [0.5, 0.6) is 17.2 Å². The molecule has 0 aliphatic carbocycles. The number of fused-ring (bicyclic) bond motifs is 2. The summed E-state index contributed by atoms with van der Waals surface area (Å²) in [6, 6.07) is 11.9. The molecule has 2 N–H and O–H groups in total. The highest BCUT2D eigenvalue weighted by Crippen LogP contribution is 2.37. The predicted octanol–water partition coefficient (Wildman–Crippen LogP) is 3.84. The summed E-state index contributed by atoms with van der Waals surface area (Å²) < 4.78 is 71.3. The van der Waals surface area contributed by atoms with Gasteiger partial charge in [-0.25, -0.2) is 23.7 Å². The van der Waals surface area contributed by atoms with Gasteiger partial charge in [0.1, 0.15) is 47.8 Å².